The maximum Gasteiger partial charge on any atom is 0.286 e. The van der Waals surface area contributed by atoms with Crippen LogP contribution in [-0.2, 0) is 9.53 Å². The van der Waals surface area contributed by atoms with Crippen molar-refractivity contribution in [3.63, 3.8) is 0 Å². The van der Waals surface area contributed by atoms with Gasteiger partial charge in [-0.25, -0.2) is 8.78 Å². The van der Waals surface area contributed by atoms with Crippen LogP contribution in [0.4, 0.5) is 14.5 Å². The van der Waals surface area contributed by atoms with E-state index >= 15 is 0 Å². The van der Waals surface area contributed by atoms with E-state index in [-0.39, 0.29) is 11.9 Å². The first-order valence-electron chi connectivity index (χ1n) is 11.6. The van der Waals surface area contributed by atoms with Gasteiger partial charge in [-0.15, -0.1) is 0 Å². The number of piperazine rings is 1. The van der Waals surface area contributed by atoms with E-state index in [2.05, 4.69) is 10.2 Å². The van der Waals surface area contributed by atoms with Gasteiger partial charge in [0.05, 0.1) is 12.3 Å². The predicted molar refractivity (Wildman–Crippen MR) is 117 cm³/mol. The maximum atomic E-state index is 14.0. The molecule has 170 valence electrons. The molecule has 1 N–H and O–H groups in total. The highest BCUT2D eigenvalue weighted by Gasteiger charge is 2.26. The summed E-state index contributed by atoms with van der Waals surface area (Å²) in [6.07, 6.45) is 9.32. The second kappa shape index (κ2) is 10.4. The highest BCUT2D eigenvalue weighted by molar-refractivity contribution is 5.91. The van der Waals surface area contributed by atoms with Crippen molar-refractivity contribution in [1.29, 1.82) is 0 Å². The highest BCUT2D eigenvalue weighted by atomic mass is 19.1. The molecular weight excluding hydrogens is 400 g/mol. The van der Waals surface area contributed by atoms with Crippen LogP contribution in [0.1, 0.15) is 44.9 Å². The number of benzene rings is 1. The number of nitrogens with one attached hydrogen (secondary N) is 1. The van der Waals surface area contributed by atoms with Crippen molar-refractivity contribution in [3.8, 4) is 0 Å². The zero-order valence-electron chi connectivity index (χ0n) is 18.1. The molecule has 7 heteroatoms. The lowest BCUT2D eigenvalue weighted by Gasteiger charge is -2.37. The first-order chi connectivity index (χ1) is 15.1. The summed E-state index contributed by atoms with van der Waals surface area (Å²) in [5.41, 5.74) is 0.496. The Labute approximate surface area is 183 Å². The van der Waals surface area contributed by atoms with E-state index in [0.29, 0.717) is 24.0 Å². The fourth-order valence-electron chi connectivity index (χ4n) is 4.88. The standard InChI is InChI=1S/C24H33F2N3O2/c25-19-6-9-22(21(26)17-19)29-14-12-28(13-15-29)11-10-18-4-7-20(8-5-18)27-24(30)23-3-1-2-16-31-23/h3,6,9,17-18,20H,1-2,4-5,7-8,10-16H2,(H,27,30). The van der Waals surface area contributed by atoms with Gasteiger partial charge < -0.3 is 15.0 Å². The third-order valence-corrected chi connectivity index (χ3v) is 6.82. The number of anilines is 1. The van der Waals surface area contributed by atoms with E-state index in [1.54, 1.807) is 0 Å². The molecule has 1 aromatic carbocycles. The molecule has 0 bridgehead atoms. The first kappa shape index (κ1) is 22.1. The molecule has 1 saturated carbocycles. The Hall–Kier alpha value is -2.15. The average molecular weight is 434 g/mol. The number of carbonyl (C=O) groups excluding carboxylic acids is 1. The minimum Gasteiger partial charge on any atom is -0.488 e. The molecule has 0 spiro atoms. The van der Waals surface area contributed by atoms with Gasteiger partial charge in [-0.1, -0.05) is 0 Å². The molecule has 1 amide bonds. The Morgan fingerprint density at radius 2 is 1.87 bits per heavy atom. The van der Waals surface area contributed by atoms with Crippen molar-refractivity contribution < 1.29 is 18.3 Å². The molecule has 2 aliphatic heterocycles. The van der Waals surface area contributed by atoms with Gasteiger partial charge in [0.25, 0.3) is 5.91 Å². The van der Waals surface area contributed by atoms with Crippen LogP contribution in [0, 0.1) is 17.6 Å². The summed E-state index contributed by atoms with van der Waals surface area (Å²) >= 11 is 0. The van der Waals surface area contributed by atoms with Gasteiger partial charge >= 0.3 is 0 Å². The third-order valence-electron chi connectivity index (χ3n) is 6.82. The monoisotopic (exact) mass is 433 g/mol. The van der Waals surface area contributed by atoms with Gasteiger partial charge in [0.2, 0.25) is 0 Å². The van der Waals surface area contributed by atoms with E-state index < -0.39 is 11.6 Å². The summed E-state index contributed by atoms with van der Waals surface area (Å²) in [5.74, 6) is 0.120. The van der Waals surface area contributed by atoms with Gasteiger partial charge in [0, 0.05) is 38.3 Å². The van der Waals surface area contributed by atoms with E-state index in [1.807, 2.05) is 11.0 Å². The Morgan fingerprint density at radius 3 is 2.55 bits per heavy atom. The van der Waals surface area contributed by atoms with Crippen molar-refractivity contribution in [3.05, 3.63) is 41.7 Å². The fraction of sp³-hybridized carbons (Fsp3) is 0.625. The smallest absolute Gasteiger partial charge is 0.286 e. The molecule has 0 radical (unpaired) electrons. The number of hydrogen-bond acceptors (Lipinski definition) is 4. The molecule has 5 nitrogen and oxygen atoms in total. The lowest BCUT2D eigenvalue weighted by atomic mass is 9.84. The number of nitrogens with zero attached hydrogens (tertiary/aromatic N) is 2. The lowest BCUT2D eigenvalue weighted by molar-refractivity contribution is -0.122. The second-order valence-corrected chi connectivity index (χ2v) is 8.96. The topological polar surface area (TPSA) is 44.8 Å². The minimum atomic E-state index is -0.534. The third kappa shape index (κ3) is 5.97. The molecule has 2 heterocycles. The van der Waals surface area contributed by atoms with Crippen LogP contribution < -0.4 is 10.2 Å². The molecular formula is C24H33F2N3O2. The maximum absolute atomic E-state index is 14.0. The Morgan fingerprint density at radius 1 is 1.10 bits per heavy atom. The minimum absolute atomic E-state index is 0.0568. The van der Waals surface area contributed by atoms with Gasteiger partial charge in [-0.05, 0) is 75.6 Å². The van der Waals surface area contributed by atoms with E-state index in [9.17, 15) is 13.6 Å². The van der Waals surface area contributed by atoms with Gasteiger partial charge in [0.15, 0.2) is 5.76 Å². The molecule has 31 heavy (non-hydrogen) atoms. The molecule has 1 saturated heterocycles. The summed E-state index contributed by atoms with van der Waals surface area (Å²) in [4.78, 5) is 16.7. The van der Waals surface area contributed by atoms with Crippen molar-refractivity contribution >= 4 is 11.6 Å². The summed E-state index contributed by atoms with van der Waals surface area (Å²) in [7, 11) is 0. The number of hydrogen-bond donors (Lipinski definition) is 1. The van der Waals surface area contributed by atoms with Crippen molar-refractivity contribution in [2.24, 2.45) is 5.92 Å². The molecule has 3 aliphatic rings. The number of rotatable bonds is 6. The molecule has 2 fully saturated rings. The molecule has 0 aromatic heterocycles. The molecule has 4 rings (SSSR count). The van der Waals surface area contributed by atoms with Crippen molar-refractivity contribution in [2.75, 3.05) is 44.2 Å². The summed E-state index contributed by atoms with van der Waals surface area (Å²) in [5, 5.41) is 3.14. The molecule has 0 atom stereocenters. The lowest BCUT2D eigenvalue weighted by Crippen LogP contribution is -2.47. The average Bonchev–Trinajstić information content (AvgIpc) is 2.80. The van der Waals surface area contributed by atoms with Crippen LogP contribution in [0.5, 0.6) is 0 Å². The number of allylic oxidation sites excluding steroid dienone is 1. The summed E-state index contributed by atoms with van der Waals surface area (Å²) < 4.78 is 32.6. The van der Waals surface area contributed by atoms with Crippen LogP contribution in [0.15, 0.2) is 30.0 Å². The second-order valence-electron chi connectivity index (χ2n) is 8.96. The number of ether oxygens (including phenoxy) is 1. The van der Waals surface area contributed by atoms with Crippen LogP contribution >= 0.6 is 0 Å². The van der Waals surface area contributed by atoms with Gasteiger partial charge in [0.1, 0.15) is 11.6 Å². The Kier molecular flexibility index (Phi) is 7.43. The molecule has 1 aromatic rings. The van der Waals surface area contributed by atoms with E-state index in [4.69, 9.17) is 4.74 Å². The first-order valence-corrected chi connectivity index (χ1v) is 11.6. The highest BCUT2D eigenvalue weighted by Crippen LogP contribution is 2.28. The summed E-state index contributed by atoms with van der Waals surface area (Å²) in [6.45, 7) is 5.02. The number of amides is 1. The quantitative estimate of drug-likeness (QED) is 0.740. The fourth-order valence-corrected chi connectivity index (χ4v) is 4.88. The van der Waals surface area contributed by atoms with E-state index in [0.717, 1.165) is 77.3 Å². The van der Waals surface area contributed by atoms with E-state index in [1.165, 1.54) is 18.6 Å². The van der Waals surface area contributed by atoms with Gasteiger partial charge in [-0.3, -0.25) is 9.69 Å². The van der Waals surface area contributed by atoms with Crippen LogP contribution in [0.25, 0.3) is 0 Å². The van der Waals surface area contributed by atoms with Gasteiger partial charge in [-0.2, -0.15) is 0 Å². The van der Waals surface area contributed by atoms with Crippen LogP contribution in [0.2, 0.25) is 0 Å². The number of carbonyl (C=O) groups is 1. The Bertz CT molecular complexity index is 785. The van der Waals surface area contributed by atoms with Crippen LogP contribution in [0.3, 0.4) is 0 Å². The van der Waals surface area contributed by atoms with Crippen molar-refractivity contribution in [2.45, 2.75) is 51.0 Å². The zero-order chi connectivity index (χ0) is 21.6. The van der Waals surface area contributed by atoms with Crippen molar-refractivity contribution in [1.82, 2.24) is 10.2 Å². The molecule has 1 aliphatic carbocycles. The Balaban J connectivity index is 1.14. The molecule has 0 unspecified atom stereocenters. The summed E-state index contributed by atoms with van der Waals surface area (Å²) in [6, 6.07) is 4.07. The normalized spacial score (nSPS) is 25.0. The zero-order valence-corrected chi connectivity index (χ0v) is 18.1. The SMILES string of the molecule is O=C(NC1CCC(CCN2CCN(c3ccc(F)cc3F)CC2)CC1)C1=CCCCO1. The van der Waals surface area contributed by atoms with Crippen LogP contribution in [-0.4, -0.2) is 56.2 Å². The largest absolute Gasteiger partial charge is 0.488 e. The number of halogens is 2. The predicted octanol–water partition coefficient (Wildman–Crippen LogP) is 3.85.